The molecule has 1 amide bonds. The number of pyridine rings is 2. The zero-order valence-electron chi connectivity index (χ0n) is 21.5. The number of hydrogen-bond acceptors (Lipinski definition) is 6. The Kier molecular flexibility index (Phi) is 8.02. The van der Waals surface area contributed by atoms with Crippen LogP contribution in [0.4, 0.5) is 0 Å². The Balaban J connectivity index is 1.27. The molecule has 1 unspecified atom stereocenters. The van der Waals surface area contributed by atoms with Crippen molar-refractivity contribution in [3.63, 3.8) is 0 Å². The molecule has 1 aromatic carbocycles. The molecular weight excluding hydrogens is 478 g/mol. The standard InChI is InChI=1S/C30H33N5OS/c1-21-12-15-32-22(2)28(21)30(36)34-17-23-8-10-24(11-9-23)19-35(16-13-26-18-31-20-37-26)27-7-3-5-25-6-4-14-33-29(25)27/h4,6,8-12,14-15,18,20,27H,3,5,7,13,16-17,19H2,1-2H3,(H,34,36). The largest absolute Gasteiger partial charge is 0.348 e. The Morgan fingerprint density at radius 3 is 2.70 bits per heavy atom. The van der Waals surface area contributed by atoms with E-state index in [9.17, 15) is 4.79 Å². The van der Waals surface area contributed by atoms with Crippen LogP contribution in [0.5, 0.6) is 0 Å². The first-order chi connectivity index (χ1) is 18.1. The van der Waals surface area contributed by atoms with Crippen LogP contribution in [0.3, 0.4) is 0 Å². The highest BCUT2D eigenvalue weighted by Gasteiger charge is 2.27. The van der Waals surface area contributed by atoms with E-state index in [-0.39, 0.29) is 5.91 Å². The molecule has 0 spiro atoms. The molecule has 7 heteroatoms. The van der Waals surface area contributed by atoms with Gasteiger partial charge < -0.3 is 5.32 Å². The zero-order valence-corrected chi connectivity index (χ0v) is 22.3. The van der Waals surface area contributed by atoms with Crippen LogP contribution >= 0.6 is 11.3 Å². The van der Waals surface area contributed by atoms with Crippen molar-refractivity contribution in [2.75, 3.05) is 6.54 Å². The molecule has 0 saturated carbocycles. The summed E-state index contributed by atoms with van der Waals surface area (Å²) in [5.74, 6) is -0.0788. The summed E-state index contributed by atoms with van der Waals surface area (Å²) in [6.45, 7) is 6.13. The van der Waals surface area contributed by atoms with E-state index in [1.807, 2.05) is 37.8 Å². The maximum Gasteiger partial charge on any atom is 0.253 e. The molecule has 1 aliphatic carbocycles. The third kappa shape index (κ3) is 6.12. The summed E-state index contributed by atoms with van der Waals surface area (Å²) in [6, 6.07) is 15.1. The van der Waals surface area contributed by atoms with E-state index >= 15 is 0 Å². The smallest absolute Gasteiger partial charge is 0.253 e. The SMILES string of the molecule is Cc1ccnc(C)c1C(=O)NCc1ccc(CN(CCc2cncs2)C2CCCc3cccnc32)cc1. The second kappa shape index (κ2) is 11.8. The molecule has 1 aliphatic rings. The van der Waals surface area contributed by atoms with Gasteiger partial charge in [0.25, 0.3) is 5.91 Å². The molecule has 5 rings (SSSR count). The number of carbonyl (C=O) groups is 1. The number of nitrogens with one attached hydrogen (secondary N) is 1. The predicted octanol–water partition coefficient (Wildman–Crippen LogP) is 5.60. The summed E-state index contributed by atoms with van der Waals surface area (Å²) in [5.41, 5.74) is 9.23. The first kappa shape index (κ1) is 25.2. The van der Waals surface area contributed by atoms with Gasteiger partial charge in [-0.1, -0.05) is 30.3 Å². The van der Waals surface area contributed by atoms with Crippen LogP contribution in [0.2, 0.25) is 0 Å². The minimum absolute atomic E-state index is 0.0788. The zero-order chi connectivity index (χ0) is 25.6. The number of aryl methyl sites for hydroxylation is 3. The summed E-state index contributed by atoms with van der Waals surface area (Å²) >= 11 is 1.72. The van der Waals surface area contributed by atoms with Crippen molar-refractivity contribution in [2.45, 2.75) is 58.7 Å². The second-order valence-electron chi connectivity index (χ2n) is 9.73. The lowest BCUT2D eigenvalue weighted by molar-refractivity contribution is 0.0949. The van der Waals surface area contributed by atoms with Crippen LogP contribution in [-0.2, 0) is 25.9 Å². The summed E-state index contributed by atoms with van der Waals surface area (Å²) < 4.78 is 0. The van der Waals surface area contributed by atoms with Gasteiger partial charge in [0.1, 0.15) is 0 Å². The van der Waals surface area contributed by atoms with E-state index in [0.717, 1.165) is 49.2 Å². The molecule has 190 valence electrons. The van der Waals surface area contributed by atoms with Crippen LogP contribution in [0, 0.1) is 13.8 Å². The van der Waals surface area contributed by atoms with Gasteiger partial charge in [-0.3, -0.25) is 24.6 Å². The highest BCUT2D eigenvalue weighted by molar-refractivity contribution is 7.09. The fourth-order valence-corrected chi connectivity index (χ4v) is 5.80. The van der Waals surface area contributed by atoms with Gasteiger partial charge in [-0.25, -0.2) is 0 Å². The number of fused-ring (bicyclic) bond motifs is 1. The van der Waals surface area contributed by atoms with Crippen molar-refractivity contribution in [3.8, 4) is 0 Å². The van der Waals surface area contributed by atoms with Crippen molar-refractivity contribution in [2.24, 2.45) is 0 Å². The van der Waals surface area contributed by atoms with Gasteiger partial charge in [0.2, 0.25) is 0 Å². The van der Waals surface area contributed by atoms with E-state index in [1.165, 1.54) is 28.1 Å². The lowest BCUT2D eigenvalue weighted by atomic mass is 9.90. The molecule has 1 N–H and O–H groups in total. The maximum absolute atomic E-state index is 12.7. The van der Waals surface area contributed by atoms with E-state index in [2.05, 4.69) is 56.6 Å². The first-order valence-corrected chi connectivity index (χ1v) is 13.8. The molecule has 0 aliphatic heterocycles. The molecule has 1 atom stereocenters. The molecule has 0 bridgehead atoms. The van der Waals surface area contributed by atoms with E-state index in [1.54, 1.807) is 17.5 Å². The average molecular weight is 512 g/mol. The third-order valence-corrected chi connectivity index (χ3v) is 8.01. The molecule has 0 radical (unpaired) electrons. The van der Waals surface area contributed by atoms with Gasteiger partial charge in [-0.2, -0.15) is 0 Å². The summed E-state index contributed by atoms with van der Waals surface area (Å²) in [4.78, 5) is 30.0. The van der Waals surface area contributed by atoms with Crippen LogP contribution in [-0.4, -0.2) is 32.3 Å². The van der Waals surface area contributed by atoms with Gasteiger partial charge in [0.15, 0.2) is 0 Å². The Bertz CT molecular complexity index is 1320. The van der Waals surface area contributed by atoms with E-state index in [0.29, 0.717) is 18.2 Å². The number of aromatic nitrogens is 3. The van der Waals surface area contributed by atoms with Crippen LogP contribution in [0.15, 0.2) is 66.6 Å². The number of carbonyl (C=O) groups excluding carboxylic acids is 1. The Labute approximate surface area is 222 Å². The molecule has 0 saturated heterocycles. The first-order valence-electron chi connectivity index (χ1n) is 12.9. The lowest BCUT2D eigenvalue weighted by Gasteiger charge is -2.35. The minimum Gasteiger partial charge on any atom is -0.348 e. The van der Waals surface area contributed by atoms with Gasteiger partial charge in [0.05, 0.1) is 28.5 Å². The summed E-state index contributed by atoms with van der Waals surface area (Å²) in [7, 11) is 0. The molecule has 6 nitrogen and oxygen atoms in total. The van der Waals surface area contributed by atoms with Gasteiger partial charge in [0, 0.05) is 43.1 Å². The summed E-state index contributed by atoms with van der Waals surface area (Å²) in [5, 5.41) is 3.05. The number of hydrogen-bond donors (Lipinski definition) is 1. The predicted molar refractivity (Wildman–Crippen MR) is 147 cm³/mol. The number of rotatable bonds is 9. The van der Waals surface area contributed by atoms with E-state index in [4.69, 9.17) is 4.98 Å². The topological polar surface area (TPSA) is 71.0 Å². The van der Waals surface area contributed by atoms with Crippen LogP contribution in [0.1, 0.15) is 67.8 Å². The molecule has 4 aromatic rings. The molecular formula is C30H33N5OS. The van der Waals surface area contributed by atoms with E-state index < -0.39 is 0 Å². The highest BCUT2D eigenvalue weighted by Crippen LogP contribution is 2.34. The van der Waals surface area contributed by atoms with Crippen molar-refractivity contribution in [1.29, 1.82) is 0 Å². The third-order valence-electron chi connectivity index (χ3n) is 7.17. The van der Waals surface area contributed by atoms with Gasteiger partial charge in [-0.15, -0.1) is 11.3 Å². The maximum atomic E-state index is 12.7. The molecule has 3 aromatic heterocycles. The van der Waals surface area contributed by atoms with Crippen molar-refractivity contribution in [3.05, 3.63) is 111 Å². The number of benzene rings is 1. The lowest BCUT2D eigenvalue weighted by Crippen LogP contribution is -2.33. The molecule has 37 heavy (non-hydrogen) atoms. The minimum atomic E-state index is -0.0788. The normalized spacial score (nSPS) is 14.9. The number of amides is 1. The highest BCUT2D eigenvalue weighted by atomic mass is 32.1. The van der Waals surface area contributed by atoms with Gasteiger partial charge >= 0.3 is 0 Å². The van der Waals surface area contributed by atoms with Crippen LogP contribution in [0.25, 0.3) is 0 Å². The number of nitrogens with zero attached hydrogens (tertiary/aromatic N) is 4. The Morgan fingerprint density at radius 2 is 1.92 bits per heavy atom. The monoisotopic (exact) mass is 511 g/mol. The second-order valence-corrected chi connectivity index (χ2v) is 10.7. The van der Waals surface area contributed by atoms with Crippen molar-refractivity contribution in [1.82, 2.24) is 25.2 Å². The molecule has 0 fully saturated rings. The van der Waals surface area contributed by atoms with Crippen molar-refractivity contribution < 1.29 is 4.79 Å². The average Bonchev–Trinajstić information content (AvgIpc) is 3.44. The van der Waals surface area contributed by atoms with Gasteiger partial charge in [-0.05, 0) is 73.9 Å². The number of thiazole rings is 1. The molecule has 3 heterocycles. The summed E-state index contributed by atoms with van der Waals surface area (Å²) in [6.07, 6.45) is 10.1. The quantitative estimate of drug-likeness (QED) is 0.317. The fourth-order valence-electron chi connectivity index (χ4n) is 5.21. The Morgan fingerprint density at radius 1 is 1.08 bits per heavy atom. The fraction of sp³-hybridized carbons (Fsp3) is 0.333. The Hall–Kier alpha value is -3.42. The van der Waals surface area contributed by atoms with Crippen LogP contribution < -0.4 is 5.32 Å². The van der Waals surface area contributed by atoms with Crippen molar-refractivity contribution >= 4 is 17.2 Å².